The van der Waals surface area contributed by atoms with Crippen LogP contribution < -0.4 is 5.32 Å². The fraction of sp³-hybridized carbons (Fsp3) is 0.800. The molecule has 19 heavy (non-hydrogen) atoms. The largest absolute Gasteiger partial charge is 0.379 e. The van der Waals surface area contributed by atoms with Crippen molar-refractivity contribution in [1.82, 2.24) is 14.9 Å². The van der Waals surface area contributed by atoms with E-state index < -0.39 is 0 Å². The molecule has 3 heterocycles. The highest BCUT2D eigenvalue weighted by atomic mass is 16.5. The van der Waals surface area contributed by atoms with Crippen molar-refractivity contribution in [2.75, 3.05) is 19.8 Å². The van der Waals surface area contributed by atoms with Gasteiger partial charge in [-0.2, -0.15) is 0 Å². The van der Waals surface area contributed by atoms with E-state index in [2.05, 4.69) is 16.8 Å². The minimum atomic E-state index is 0.133. The van der Waals surface area contributed by atoms with Crippen molar-refractivity contribution >= 4 is 0 Å². The summed E-state index contributed by atoms with van der Waals surface area (Å²) in [5, 5.41) is 3.45. The molecular weight excluding hydrogens is 238 g/mol. The zero-order valence-electron chi connectivity index (χ0n) is 11.7. The monoisotopic (exact) mass is 261 g/mol. The van der Waals surface area contributed by atoms with Gasteiger partial charge in [0.25, 0.3) is 0 Å². The van der Waals surface area contributed by atoms with Crippen LogP contribution in [0.4, 0.5) is 0 Å². The van der Waals surface area contributed by atoms with Crippen LogP contribution in [0.2, 0.25) is 0 Å². The summed E-state index contributed by atoms with van der Waals surface area (Å²) in [6.45, 7) is 6.16. The summed E-state index contributed by atoms with van der Waals surface area (Å²) in [4.78, 5) is 4.98. The molecule has 1 aliphatic carbocycles. The molecule has 1 aromatic heterocycles. The van der Waals surface area contributed by atoms with Crippen LogP contribution in [0.3, 0.4) is 0 Å². The Morgan fingerprint density at radius 3 is 3.05 bits per heavy atom. The second kappa shape index (κ2) is 4.32. The van der Waals surface area contributed by atoms with E-state index in [1.165, 1.54) is 42.9 Å². The van der Waals surface area contributed by atoms with Gasteiger partial charge in [0.15, 0.2) is 0 Å². The predicted octanol–water partition coefficient (Wildman–Crippen LogP) is 1.93. The molecule has 0 aromatic carbocycles. The van der Waals surface area contributed by atoms with Gasteiger partial charge in [0, 0.05) is 37.7 Å². The van der Waals surface area contributed by atoms with Gasteiger partial charge in [-0.05, 0) is 32.6 Å². The quantitative estimate of drug-likeness (QED) is 0.884. The maximum atomic E-state index is 5.79. The molecule has 1 atom stereocenters. The minimum Gasteiger partial charge on any atom is -0.379 e. The van der Waals surface area contributed by atoms with Crippen LogP contribution in [0, 0.1) is 0 Å². The Kier molecular flexibility index (Phi) is 2.71. The first-order valence-corrected chi connectivity index (χ1v) is 7.67. The first-order valence-electron chi connectivity index (χ1n) is 7.67. The van der Waals surface area contributed by atoms with Gasteiger partial charge in [0.1, 0.15) is 5.82 Å². The number of nitrogens with one attached hydrogen (secondary N) is 1. The minimum absolute atomic E-state index is 0.133. The lowest BCUT2D eigenvalue weighted by Gasteiger charge is -2.38. The van der Waals surface area contributed by atoms with Crippen LogP contribution in [-0.4, -0.2) is 29.3 Å². The Labute approximate surface area is 114 Å². The van der Waals surface area contributed by atoms with Gasteiger partial charge in [-0.15, -0.1) is 0 Å². The lowest BCUT2D eigenvalue weighted by molar-refractivity contribution is 0.00680. The van der Waals surface area contributed by atoms with Crippen molar-refractivity contribution in [1.29, 1.82) is 0 Å². The number of ether oxygens (including phenoxy) is 1. The van der Waals surface area contributed by atoms with Gasteiger partial charge >= 0.3 is 0 Å². The SMILES string of the molecule is CC1(n2c(C3CC3)nc3c2CCNC3)CCCOC1. The normalized spacial score (nSPS) is 31.2. The fourth-order valence-corrected chi connectivity index (χ4v) is 3.64. The molecule has 2 aliphatic heterocycles. The van der Waals surface area contributed by atoms with E-state index in [9.17, 15) is 0 Å². The highest BCUT2D eigenvalue weighted by Crippen LogP contribution is 2.43. The van der Waals surface area contributed by atoms with Gasteiger partial charge in [0.2, 0.25) is 0 Å². The third kappa shape index (κ3) is 1.93. The molecule has 0 amide bonds. The first-order chi connectivity index (χ1) is 9.28. The topological polar surface area (TPSA) is 39.1 Å². The van der Waals surface area contributed by atoms with Crippen LogP contribution in [0.15, 0.2) is 0 Å². The molecule has 1 unspecified atom stereocenters. The summed E-state index contributed by atoms with van der Waals surface area (Å²) in [6.07, 6.45) is 6.15. The highest BCUT2D eigenvalue weighted by molar-refractivity contribution is 5.26. The van der Waals surface area contributed by atoms with Crippen molar-refractivity contribution in [2.45, 2.75) is 57.0 Å². The van der Waals surface area contributed by atoms with E-state index in [0.717, 1.165) is 32.7 Å². The molecule has 0 radical (unpaired) electrons. The third-order valence-electron chi connectivity index (χ3n) is 4.81. The molecule has 1 saturated carbocycles. The van der Waals surface area contributed by atoms with Gasteiger partial charge in [-0.25, -0.2) is 4.98 Å². The zero-order chi connectivity index (χ0) is 12.9. The molecule has 2 fully saturated rings. The van der Waals surface area contributed by atoms with Crippen LogP contribution in [0.1, 0.15) is 55.7 Å². The molecule has 4 rings (SSSR count). The van der Waals surface area contributed by atoms with Gasteiger partial charge < -0.3 is 14.6 Å². The molecular formula is C15H23N3O. The summed E-state index contributed by atoms with van der Waals surface area (Å²) in [6, 6.07) is 0. The van der Waals surface area contributed by atoms with Gasteiger partial charge in [-0.3, -0.25) is 0 Å². The number of nitrogens with zero attached hydrogens (tertiary/aromatic N) is 2. The fourth-order valence-electron chi connectivity index (χ4n) is 3.64. The predicted molar refractivity (Wildman–Crippen MR) is 73.3 cm³/mol. The standard InChI is InChI=1S/C15H23N3O/c1-15(6-2-8-19-10-15)18-13-5-7-16-9-12(13)17-14(18)11-3-4-11/h11,16H,2-10H2,1H3. The number of rotatable bonds is 2. The van der Waals surface area contributed by atoms with E-state index in [4.69, 9.17) is 9.72 Å². The number of imidazole rings is 1. The average Bonchev–Trinajstić information content (AvgIpc) is 3.19. The summed E-state index contributed by atoms with van der Waals surface area (Å²) >= 11 is 0. The molecule has 4 heteroatoms. The van der Waals surface area contributed by atoms with Crippen LogP contribution in [0.25, 0.3) is 0 Å². The Bertz CT molecular complexity index is 484. The number of fused-ring (bicyclic) bond motifs is 1. The van der Waals surface area contributed by atoms with E-state index in [1.807, 2.05) is 0 Å². The number of aromatic nitrogens is 2. The second-order valence-electron chi connectivity index (χ2n) is 6.55. The van der Waals surface area contributed by atoms with Crippen molar-refractivity contribution in [3.63, 3.8) is 0 Å². The molecule has 0 spiro atoms. The second-order valence-corrected chi connectivity index (χ2v) is 6.55. The van der Waals surface area contributed by atoms with Crippen LogP contribution >= 0.6 is 0 Å². The first kappa shape index (κ1) is 11.9. The van der Waals surface area contributed by atoms with E-state index in [1.54, 1.807) is 0 Å². The lowest BCUT2D eigenvalue weighted by Crippen LogP contribution is -2.41. The van der Waals surface area contributed by atoms with Crippen molar-refractivity contribution in [3.05, 3.63) is 17.2 Å². The van der Waals surface area contributed by atoms with E-state index in [-0.39, 0.29) is 5.54 Å². The Hall–Kier alpha value is -0.870. The third-order valence-corrected chi connectivity index (χ3v) is 4.81. The Morgan fingerprint density at radius 1 is 1.42 bits per heavy atom. The summed E-state index contributed by atoms with van der Waals surface area (Å²) in [7, 11) is 0. The Morgan fingerprint density at radius 2 is 2.32 bits per heavy atom. The molecule has 104 valence electrons. The maximum absolute atomic E-state index is 5.79. The van der Waals surface area contributed by atoms with Gasteiger partial charge in [-0.1, -0.05) is 0 Å². The van der Waals surface area contributed by atoms with Crippen molar-refractivity contribution in [3.8, 4) is 0 Å². The molecule has 4 nitrogen and oxygen atoms in total. The summed E-state index contributed by atoms with van der Waals surface area (Å²) in [5.41, 5.74) is 2.90. The lowest BCUT2D eigenvalue weighted by atomic mass is 9.93. The average molecular weight is 261 g/mol. The molecule has 3 aliphatic rings. The maximum Gasteiger partial charge on any atom is 0.112 e. The van der Waals surface area contributed by atoms with Crippen LogP contribution in [0.5, 0.6) is 0 Å². The van der Waals surface area contributed by atoms with Crippen molar-refractivity contribution < 1.29 is 4.74 Å². The molecule has 1 saturated heterocycles. The smallest absolute Gasteiger partial charge is 0.112 e. The van der Waals surface area contributed by atoms with Crippen LogP contribution in [-0.2, 0) is 23.2 Å². The molecule has 1 aromatic rings. The van der Waals surface area contributed by atoms with E-state index >= 15 is 0 Å². The zero-order valence-corrected chi connectivity index (χ0v) is 11.7. The van der Waals surface area contributed by atoms with Gasteiger partial charge in [0.05, 0.1) is 17.8 Å². The Balaban J connectivity index is 1.81. The summed E-state index contributed by atoms with van der Waals surface area (Å²) < 4.78 is 8.37. The summed E-state index contributed by atoms with van der Waals surface area (Å²) in [5.74, 6) is 2.06. The number of hydrogen-bond donors (Lipinski definition) is 1. The molecule has 0 bridgehead atoms. The number of hydrogen-bond acceptors (Lipinski definition) is 3. The molecule has 1 N–H and O–H groups in total. The van der Waals surface area contributed by atoms with E-state index in [0.29, 0.717) is 5.92 Å². The van der Waals surface area contributed by atoms with Crippen molar-refractivity contribution in [2.24, 2.45) is 0 Å². The highest BCUT2D eigenvalue weighted by Gasteiger charge is 2.39.